The van der Waals surface area contributed by atoms with Crippen LogP contribution in [0.15, 0.2) is 10.9 Å². The first-order valence-electron chi connectivity index (χ1n) is 6.19. The van der Waals surface area contributed by atoms with E-state index in [0.29, 0.717) is 12.5 Å². The van der Waals surface area contributed by atoms with Crippen LogP contribution in [-0.4, -0.2) is 40.8 Å². The van der Waals surface area contributed by atoms with E-state index in [1.54, 1.807) is 21.7 Å². The maximum Gasteiger partial charge on any atom is 0.245 e. The maximum atomic E-state index is 12.2. The third-order valence-electron chi connectivity index (χ3n) is 3.44. The Morgan fingerprint density at radius 3 is 2.94 bits per heavy atom. The zero-order chi connectivity index (χ0) is 12.5. The molecule has 0 spiro atoms. The van der Waals surface area contributed by atoms with Gasteiger partial charge < -0.3 is 10.2 Å². The number of nitrogens with one attached hydrogen (secondary N) is 1. The van der Waals surface area contributed by atoms with Crippen molar-refractivity contribution in [3.63, 3.8) is 0 Å². The van der Waals surface area contributed by atoms with Crippen LogP contribution in [0.25, 0.3) is 0 Å². The number of carbonyl (C=O) groups excluding carboxylic acids is 2. The lowest BCUT2D eigenvalue weighted by Gasteiger charge is -2.32. The Hall–Kier alpha value is -1.43. The van der Waals surface area contributed by atoms with Gasteiger partial charge in [-0.2, -0.15) is 0 Å². The van der Waals surface area contributed by atoms with Gasteiger partial charge in [0.05, 0.1) is 17.7 Å². The van der Waals surface area contributed by atoms with Gasteiger partial charge in [-0.3, -0.25) is 9.59 Å². The molecular weight excluding hydrogens is 250 g/mol. The van der Waals surface area contributed by atoms with Crippen molar-refractivity contribution >= 4 is 23.2 Å². The number of rotatable bonds is 4. The molecular formula is C12H15N3O2S. The molecule has 2 fully saturated rings. The van der Waals surface area contributed by atoms with Crippen LogP contribution in [0, 0.1) is 5.92 Å². The Morgan fingerprint density at radius 1 is 1.44 bits per heavy atom. The minimum absolute atomic E-state index is 0.0372. The molecule has 1 aromatic rings. The molecule has 0 bridgehead atoms. The Labute approximate surface area is 109 Å². The third-order valence-corrected chi connectivity index (χ3v) is 4.08. The molecule has 2 aliphatic rings. The molecule has 1 atom stereocenters. The number of nitrogens with zero attached hydrogens (tertiary/aromatic N) is 2. The van der Waals surface area contributed by atoms with Crippen LogP contribution in [0.4, 0.5) is 0 Å². The van der Waals surface area contributed by atoms with Gasteiger partial charge >= 0.3 is 0 Å². The molecule has 0 radical (unpaired) electrons. The summed E-state index contributed by atoms with van der Waals surface area (Å²) in [6.07, 6.45) is 2.83. The van der Waals surface area contributed by atoms with Crippen molar-refractivity contribution in [2.75, 3.05) is 13.1 Å². The smallest absolute Gasteiger partial charge is 0.245 e. The van der Waals surface area contributed by atoms with Gasteiger partial charge in [0.2, 0.25) is 11.8 Å². The summed E-state index contributed by atoms with van der Waals surface area (Å²) >= 11 is 1.55. The summed E-state index contributed by atoms with van der Waals surface area (Å²) in [5, 5.41) is 4.79. The molecule has 1 saturated heterocycles. The largest absolute Gasteiger partial charge is 0.342 e. The zero-order valence-electron chi connectivity index (χ0n) is 9.96. The van der Waals surface area contributed by atoms with Crippen molar-refractivity contribution in [2.24, 2.45) is 5.92 Å². The van der Waals surface area contributed by atoms with Crippen LogP contribution in [-0.2, 0) is 16.0 Å². The highest BCUT2D eigenvalue weighted by Crippen LogP contribution is 2.34. The number of piperazine rings is 1. The van der Waals surface area contributed by atoms with Crippen LogP contribution >= 0.6 is 11.3 Å². The van der Waals surface area contributed by atoms with Crippen LogP contribution < -0.4 is 5.32 Å². The second-order valence-electron chi connectivity index (χ2n) is 4.87. The summed E-state index contributed by atoms with van der Waals surface area (Å²) in [5.41, 5.74) is 2.77. The van der Waals surface area contributed by atoms with Crippen molar-refractivity contribution < 1.29 is 9.59 Å². The number of hydrogen-bond donors (Lipinski definition) is 1. The number of hydrogen-bond acceptors (Lipinski definition) is 4. The van der Waals surface area contributed by atoms with Gasteiger partial charge in [-0.1, -0.05) is 0 Å². The predicted molar refractivity (Wildman–Crippen MR) is 67.1 cm³/mol. The molecule has 6 heteroatoms. The highest BCUT2D eigenvalue weighted by Gasteiger charge is 2.42. The molecule has 1 N–H and O–H groups in total. The Bertz CT molecular complexity index is 456. The minimum atomic E-state index is -0.276. The molecule has 3 rings (SSSR count). The van der Waals surface area contributed by atoms with E-state index < -0.39 is 0 Å². The number of aromatic nitrogens is 1. The maximum absolute atomic E-state index is 12.2. The highest BCUT2D eigenvalue weighted by atomic mass is 32.1. The lowest BCUT2D eigenvalue weighted by molar-refractivity contribution is -0.144. The molecule has 2 amide bonds. The topological polar surface area (TPSA) is 62.3 Å². The van der Waals surface area contributed by atoms with E-state index in [-0.39, 0.29) is 24.4 Å². The summed E-state index contributed by atoms with van der Waals surface area (Å²) < 4.78 is 0. The quantitative estimate of drug-likeness (QED) is 0.858. The van der Waals surface area contributed by atoms with Gasteiger partial charge in [0.1, 0.15) is 6.04 Å². The van der Waals surface area contributed by atoms with E-state index >= 15 is 0 Å². The predicted octanol–water partition coefficient (Wildman–Crippen LogP) is 0.423. The minimum Gasteiger partial charge on any atom is -0.342 e. The van der Waals surface area contributed by atoms with Crippen LogP contribution in [0.1, 0.15) is 18.5 Å². The Kier molecular flexibility index (Phi) is 3.03. The van der Waals surface area contributed by atoms with Gasteiger partial charge in [-0.05, 0) is 18.8 Å². The van der Waals surface area contributed by atoms with Crippen molar-refractivity contribution in [1.82, 2.24) is 15.2 Å². The van der Waals surface area contributed by atoms with Crippen LogP contribution in [0.2, 0.25) is 0 Å². The van der Waals surface area contributed by atoms with Crippen LogP contribution in [0.3, 0.4) is 0 Å². The van der Waals surface area contributed by atoms with Crippen LogP contribution in [0.5, 0.6) is 0 Å². The average molecular weight is 265 g/mol. The van der Waals surface area contributed by atoms with Gasteiger partial charge in [0, 0.05) is 18.3 Å². The van der Waals surface area contributed by atoms with E-state index in [9.17, 15) is 9.59 Å². The van der Waals surface area contributed by atoms with E-state index in [1.165, 1.54) is 0 Å². The van der Waals surface area contributed by atoms with Gasteiger partial charge in [0.25, 0.3) is 0 Å². The van der Waals surface area contributed by atoms with Crippen molar-refractivity contribution in [2.45, 2.75) is 25.3 Å². The first kappa shape index (κ1) is 11.6. The molecule has 1 aromatic heterocycles. The molecule has 2 heterocycles. The summed E-state index contributed by atoms with van der Waals surface area (Å²) in [6, 6.07) is -0.276. The van der Waals surface area contributed by atoms with Gasteiger partial charge in [0.15, 0.2) is 0 Å². The molecule has 1 saturated carbocycles. The van der Waals surface area contributed by atoms with E-state index in [4.69, 9.17) is 0 Å². The number of thiazole rings is 1. The second kappa shape index (κ2) is 4.68. The Balaban J connectivity index is 1.62. The second-order valence-corrected chi connectivity index (χ2v) is 5.59. The molecule has 18 heavy (non-hydrogen) atoms. The van der Waals surface area contributed by atoms with E-state index in [2.05, 4.69) is 10.3 Å². The Morgan fingerprint density at radius 2 is 2.28 bits per heavy atom. The van der Waals surface area contributed by atoms with Crippen molar-refractivity contribution in [1.29, 1.82) is 0 Å². The first-order chi connectivity index (χ1) is 8.74. The lowest BCUT2D eigenvalue weighted by atomic mass is 10.1. The fraction of sp³-hybridized carbons (Fsp3) is 0.583. The third kappa shape index (κ3) is 2.38. The molecule has 1 aliphatic carbocycles. The van der Waals surface area contributed by atoms with Crippen molar-refractivity contribution in [3.05, 3.63) is 16.6 Å². The molecule has 5 nitrogen and oxygen atoms in total. The zero-order valence-corrected chi connectivity index (χ0v) is 10.8. The average Bonchev–Trinajstić information content (AvgIpc) is 3.06. The van der Waals surface area contributed by atoms with Gasteiger partial charge in [-0.25, -0.2) is 4.98 Å². The standard InChI is InChI=1S/C12H15N3O2S/c16-10-5-15(4-3-9-6-18-7-13-9)12(17)11(14-10)8-1-2-8/h6-8,11H,1-5H2,(H,14,16). The number of amides is 2. The summed E-state index contributed by atoms with van der Waals surface area (Å²) in [5.74, 6) is 0.403. The molecule has 1 unspecified atom stereocenters. The first-order valence-corrected chi connectivity index (χ1v) is 7.13. The van der Waals surface area contributed by atoms with E-state index in [0.717, 1.165) is 25.0 Å². The normalized spacial score (nSPS) is 24.2. The fourth-order valence-corrected chi connectivity index (χ4v) is 2.87. The van der Waals surface area contributed by atoms with E-state index in [1.807, 2.05) is 5.38 Å². The number of carbonyl (C=O) groups is 2. The highest BCUT2D eigenvalue weighted by molar-refractivity contribution is 7.07. The van der Waals surface area contributed by atoms with Gasteiger partial charge in [-0.15, -0.1) is 11.3 Å². The fourth-order valence-electron chi connectivity index (χ4n) is 2.28. The monoisotopic (exact) mass is 265 g/mol. The summed E-state index contributed by atoms with van der Waals surface area (Å²) in [4.78, 5) is 29.7. The molecule has 96 valence electrons. The van der Waals surface area contributed by atoms with Crippen molar-refractivity contribution in [3.8, 4) is 0 Å². The summed E-state index contributed by atoms with van der Waals surface area (Å²) in [6.45, 7) is 0.769. The summed E-state index contributed by atoms with van der Waals surface area (Å²) in [7, 11) is 0. The molecule has 0 aromatic carbocycles. The lowest BCUT2D eigenvalue weighted by Crippen LogP contribution is -2.59. The molecule has 1 aliphatic heterocycles. The SMILES string of the molecule is O=C1CN(CCc2cscn2)C(=O)C(C2CC2)N1.